The van der Waals surface area contributed by atoms with Gasteiger partial charge in [-0.1, -0.05) is 42.0 Å². The number of H-pyrrole nitrogens is 1. The predicted octanol–water partition coefficient (Wildman–Crippen LogP) is 4.18. The van der Waals surface area contributed by atoms with E-state index in [0.29, 0.717) is 0 Å². The van der Waals surface area contributed by atoms with E-state index < -0.39 is 0 Å². The van der Waals surface area contributed by atoms with Gasteiger partial charge >= 0.3 is 0 Å². The lowest BCUT2D eigenvalue weighted by atomic mass is 10.00. The number of pyridine rings is 1. The molecule has 4 aromatic rings. The maximum absolute atomic E-state index is 9.30. The average molecular weight is 288 g/mol. The van der Waals surface area contributed by atoms with Gasteiger partial charge in [0, 0.05) is 28.7 Å². The lowest BCUT2D eigenvalue weighted by molar-refractivity contribution is 0.282. The van der Waals surface area contributed by atoms with E-state index in [2.05, 4.69) is 47.2 Å². The Kier molecular flexibility index (Phi) is 2.94. The summed E-state index contributed by atoms with van der Waals surface area (Å²) in [5.74, 6) is 0. The first kappa shape index (κ1) is 13.0. The lowest BCUT2D eigenvalue weighted by Crippen LogP contribution is -1.86. The first-order valence-electron chi connectivity index (χ1n) is 7.33. The van der Waals surface area contributed by atoms with Crippen LogP contribution in [0.3, 0.4) is 0 Å². The van der Waals surface area contributed by atoms with Gasteiger partial charge < -0.3 is 10.1 Å². The van der Waals surface area contributed by atoms with Gasteiger partial charge in [-0.05, 0) is 29.5 Å². The van der Waals surface area contributed by atoms with Crippen molar-refractivity contribution in [2.45, 2.75) is 13.5 Å². The van der Waals surface area contributed by atoms with Crippen LogP contribution < -0.4 is 0 Å². The van der Waals surface area contributed by atoms with Crippen molar-refractivity contribution in [1.82, 2.24) is 9.97 Å². The topological polar surface area (TPSA) is 48.9 Å². The molecular formula is C19H16N2O. The number of aliphatic hydroxyl groups excluding tert-OH is 1. The molecule has 0 amide bonds. The molecule has 2 aromatic carbocycles. The Morgan fingerprint density at radius 3 is 2.68 bits per heavy atom. The quantitative estimate of drug-likeness (QED) is 0.581. The van der Waals surface area contributed by atoms with Crippen LogP contribution in [-0.2, 0) is 6.61 Å². The molecule has 0 spiro atoms. The van der Waals surface area contributed by atoms with Crippen molar-refractivity contribution in [3.8, 4) is 11.1 Å². The average Bonchev–Trinajstić information content (AvgIpc) is 2.99. The first-order valence-corrected chi connectivity index (χ1v) is 7.33. The van der Waals surface area contributed by atoms with Gasteiger partial charge in [0.05, 0.1) is 6.61 Å². The van der Waals surface area contributed by atoms with Crippen molar-refractivity contribution >= 4 is 21.8 Å². The summed E-state index contributed by atoms with van der Waals surface area (Å²) in [7, 11) is 0. The highest BCUT2D eigenvalue weighted by atomic mass is 16.3. The molecule has 3 heteroatoms. The van der Waals surface area contributed by atoms with Crippen LogP contribution >= 0.6 is 0 Å². The van der Waals surface area contributed by atoms with Gasteiger partial charge in [0.1, 0.15) is 5.65 Å². The fraction of sp³-hybridized carbons (Fsp3) is 0.105. The number of hydrogen-bond acceptors (Lipinski definition) is 2. The second-order valence-corrected chi connectivity index (χ2v) is 5.63. The summed E-state index contributed by atoms with van der Waals surface area (Å²) in [6.07, 6.45) is 3.87. The van der Waals surface area contributed by atoms with Crippen molar-refractivity contribution in [2.24, 2.45) is 0 Å². The van der Waals surface area contributed by atoms with Crippen molar-refractivity contribution in [3.63, 3.8) is 0 Å². The summed E-state index contributed by atoms with van der Waals surface area (Å²) in [5.41, 5.74) is 5.38. The molecule has 2 heterocycles. The van der Waals surface area contributed by atoms with Crippen molar-refractivity contribution in [2.75, 3.05) is 0 Å². The molecule has 4 rings (SSSR count). The zero-order valence-corrected chi connectivity index (χ0v) is 12.3. The van der Waals surface area contributed by atoms with Crippen LogP contribution in [-0.4, -0.2) is 15.1 Å². The van der Waals surface area contributed by atoms with Crippen LogP contribution in [0.5, 0.6) is 0 Å². The number of hydrogen-bond donors (Lipinski definition) is 2. The van der Waals surface area contributed by atoms with Crippen LogP contribution in [0.25, 0.3) is 32.9 Å². The Bertz CT molecular complexity index is 968. The van der Waals surface area contributed by atoms with E-state index in [9.17, 15) is 5.11 Å². The first-order chi connectivity index (χ1) is 10.8. The molecular weight excluding hydrogens is 272 g/mol. The van der Waals surface area contributed by atoms with Crippen molar-refractivity contribution in [3.05, 3.63) is 66.0 Å². The molecule has 0 radical (unpaired) electrons. The number of nitrogens with zero attached hydrogens (tertiary/aromatic N) is 1. The van der Waals surface area contributed by atoms with Crippen LogP contribution in [0.1, 0.15) is 11.1 Å². The molecule has 22 heavy (non-hydrogen) atoms. The lowest BCUT2D eigenvalue weighted by Gasteiger charge is -2.05. The minimum Gasteiger partial charge on any atom is -0.392 e. The summed E-state index contributed by atoms with van der Waals surface area (Å²) in [5, 5.41) is 12.6. The highest BCUT2D eigenvalue weighted by Gasteiger charge is 2.11. The second kappa shape index (κ2) is 4.97. The summed E-state index contributed by atoms with van der Waals surface area (Å²) in [6.45, 7) is 2.14. The van der Waals surface area contributed by atoms with E-state index in [1.165, 1.54) is 11.1 Å². The molecule has 0 fully saturated rings. The van der Waals surface area contributed by atoms with Gasteiger partial charge in [-0.3, -0.25) is 0 Å². The predicted molar refractivity (Wildman–Crippen MR) is 89.7 cm³/mol. The minimum absolute atomic E-state index is 0.0476. The summed E-state index contributed by atoms with van der Waals surface area (Å²) in [4.78, 5) is 7.77. The van der Waals surface area contributed by atoms with Crippen LogP contribution in [0, 0.1) is 6.92 Å². The third-order valence-corrected chi connectivity index (χ3v) is 4.12. The van der Waals surface area contributed by atoms with Gasteiger partial charge in [-0.15, -0.1) is 0 Å². The van der Waals surface area contributed by atoms with E-state index in [1.807, 2.05) is 24.5 Å². The molecule has 0 bridgehead atoms. The molecule has 0 atom stereocenters. The Balaban J connectivity index is 2.03. The van der Waals surface area contributed by atoms with E-state index in [1.54, 1.807) is 0 Å². The Morgan fingerprint density at radius 1 is 1.09 bits per heavy atom. The maximum atomic E-state index is 9.30. The molecule has 0 saturated carbocycles. The number of benzene rings is 2. The molecule has 3 nitrogen and oxygen atoms in total. The number of aliphatic hydroxyl groups is 1. The van der Waals surface area contributed by atoms with Crippen molar-refractivity contribution < 1.29 is 5.11 Å². The van der Waals surface area contributed by atoms with E-state index in [4.69, 9.17) is 0 Å². The Hall–Kier alpha value is -2.65. The molecule has 0 unspecified atom stereocenters. The van der Waals surface area contributed by atoms with E-state index >= 15 is 0 Å². The number of aromatic amines is 1. The molecule has 2 aromatic heterocycles. The monoisotopic (exact) mass is 288 g/mol. The fourth-order valence-corrected chi connectivity index (χ4v) is 2.93. The molecule has 2 N–H and O–H groups in total. The SMILES string of the molecule is Cc1ccc(-c2c[nH]c3ncc4cc(CO)ccc4c23)cc1. The highest BCUT2D eigenvalue weighted by Crippen LogP contribution is 2.33. The summed E-state index contributed by atoms with van der Waals surface area (Å²) in [6, 6.07) is 14.5. The summed E-state index contributed by atoms with van der Waals surface area (Å²) < 4.78 is 0. The fourth-order valence-electron chi connectivity index (χ4n) is 2.93. The number of fused-ring (bicyclic) bond motifs is 3. The summed E-state index contributed by atoms with van der Waals surface area (Å²) >= 11 is 0. The normalized spacial score (nSPS) is 11.4. The third kappa shape index (κ3) is 1.98. The standard InChI is InChI=1S/C19H16N2O/c1-12-2-5-14(6-3-12)17-10-21-19-18(17)16-7-4-13(11-22)8-15(16)9-20-19/h2-10,22H,11H2,1H3,(H,20,21). The smallest absolute Gasteiger partial charge is 0.138 e. The minimum atomic E-state index is 0.0476. The Morgan fingerprint density at radius 2 is 1.91 bits per heavy atom. The van der Waals surface area contributed by atoms with Gasteiger partial charge in [0.15, 0.2) is 0 Å². The molecule has 108 valence electrons. The van der Waals surface area contributed by atoms with Crippen molar-refractivity contribution in [1.29, 1.82) is 0 Å². The zero-order chi connectivity index (χ0) is 15.1. The molecule has 0 aliphatic rings. The molecule has 0 aliphatic carbocycles. The maximum Gasteiger partial charge on any atom is 0.138 e. The third-order valence-electron chi connectivity index (χ3n) is 4.12. The van der Waals surface area contributed by atoms with Gasteiger partial charge in [0.2, 0.25) is 0 Å². The van der Waals surface area contributed by atoms with Crippen LogP contribution in [0.2, 0.25) is 0 Å². The van der Waals surface area contributed by atoms with E-state index in [-0.39, 0.29) is 6.61 Å². The van der Waals surface area contributed by atoms with Crippen LogP contribution in [0.4, 0.5) is 0 Å². The van der Waals surface area contributed by atoms with Gasteiger partial charge in [0.25, 0.3) is 0 Å². The largest absolute Gasteiger partial charge is 0.392 e. The number of aromatic nitrogens is 2. The zero-order valence-electron chi connectivity index (χ0n) is 12.3. The number of nitrogens with one attached hydrogen (secondary N) is 1. The Labute approximate surface area is 128 Å². The number of aryl methyl sites for hydroxylation is 1. The highest BCUT2D eigenvalue weighted by molar-refractivity contribution is 6.12. The molecule has 0 aliphatic heterocycles. The van der Waals surface area contributed by atoms with E-state index in [0.717, 1.165) is 32.9 Å². The second-order valence-electron chi connectivity index (χ2n) is 5.63. The van der Waals surface area contributed by atoms with Gasteiger partial charge in [-0.2, -0.15) is 0 Å². The molecule has 0 saturated heterocycles. The van der Waals surface area contributed by atoms with Gasteiger partial charge in [-0.25, -0.2) is 4.98 Å². The number of rotatable bonds is 2. The van der Waals surface area contributed by atoms with Crippen LogP contribution in [0.15, 0.2) is 54.9 Å².